The van der Waals surface area contributed by atoms with Crippen LogP contribution in [0.5, 0.6) is 11.6 Å². The number of carbonyl (C=O) groups is 1. The Morgan fingerprint density at radius 2 is 1.94 bits per heavy atom. The average molecular weight is 478 g/mol. The van der Waals surface area contributed by atoms with Gasteiger partial charge in [-0.05, 0) is 56.5 Å². The van der Waals surface area contributed by atoms with Crippen molar-refractivity contribution < 1.29 is 9.53 Å². The van der Waals surface area contributed by atoms with Gasteiger partial charge >= 0.3 is 0 Å². The van der Waals surface area contributed by atoms with Crippen molar-refractivity contribution in [1.29, 1.82) is 0 Å². The number of nitrogens with zero attached hydrogens (tertiary/aromatic N) is 3. The van der Waals surface area contributed by atoms with Crippen molar-refractivity contribution in [1.82, 2.24) is 14.3 Å². The fourth-order valence-corrected chi connectivity index (χ4v) is 5.77. The number of amides is 1. The fourth-order valence-electron chi connectivity index (χ4n) is 4.39. The zero-order chi connectivity index (χ0) is 23.1. The second-order valence-electron chi connectivity index (χ2n) is 8.43. The Kier molecular flexibility index (Phi) is 5.80. The summed E-state index contributed by atoms with van der Waals surface area (Å²) in [6, 6.07) is 11.3. The minimum Gasteiger partial charge on any atom is -0.438 e. The van der Waals surface area contributed by atoms with Crippen molar-refractivity contribution in [2.24, 2.45) is 0 Å². The predicted octanol–water partition coefficient (Wildman–Crippen LogP) is 5.25. The quantitative estimate of drug-likeness (QED) is 0.378. The number of pyridine rings is 1. The molecular formula is C25H23N3O3S2. The van der Waals surface area contributed by atoms with Crippen LogP contribution < -0.4 is 10.3 Å². The van der Waals surface area contributed by atoms with E-state index >= 15 is 0 Å². The van der Waals surface area contributed by atoms with Gasteiger partial charge in [0.15, 0.2) is 0 Å². The highest BCUT2D eigenvalue weighted by Gasteiger charge is 2.38. The lowest BCUT2D eigenvalue weighted by molar-refractivity contribution is -0.123. The molecule has 33 heavy (non-hydrogen) atoms. The lowest BCUT2D eigenvalue weighted by Gasteiger charge is -2.21. The van der Waals surface area contributed by atoms with E-state index in [2.05, 4.69) is 4.98 Å². The molecule has 0 atom stereocenters. The number of aromatic nitrogens is 2. The number of rotatable bonds is 4. The number of hydrogen-bond acceptors (Lipinski definition) is 6. The minimum absolute atomic E-state index is 0.144. The van der Waals surface area contributed by atoms with Crippen molar-refractivity contribution in [3.8, 4) is 11.6 Å². The molecule has 0 N–H and O–H groups in total. The van der Waals surface area contributed by atoms with E-state index in [1.54, 1.807) is 29.3 Å². The van der Waals surface area contributed by atoms with Crippen LogP contribution in [0.25, 0.3) is 11.7 Å². The smallest absolute Gasteiger partial charge is 0.269 e. The van der Waals surface area contributed by atoms with Gasteiger partial charge in [0, 0.05) is 12.2 Å². The summed E-state index contributed by atoms with van der Waals surface area (Å²) in [5.41, 5.74) is 2.45. The second-order valence-corrected chi connectivity index (χ2v) is 10.1. The third kappa shape index (κ3) is 4.09. The lowest BCUT2D eigenvalue weighted by atomic mass is 10.1. The first-order valence-corrected chi connectivity index (χ1v) is 12.2. The Morgan fingerprint density at radius 1 is 1.15 bits per heavy atom. The SMILES string of the molecule is Cc1ccc(Oc2nc3ccccn3c(=O)c2/C=C2\SC(=S)N(C3CCCC3)C2=O)c(C)c1. The molecule has 0 radical (unpaired) electrons. The van der Waals surface area contributed by atoms with Gasteiger partial charge in [-0.2, -0.15) is 4.98 Å². The van der Waals surface area contributed by atoms with E-state index < -0.39 is 0 Å². The molecule has 2 aromatic heterocycles. The van der Waals surface area contributed by atoms with E-state index in [0.717, 1.165) is 36.8 Å². The largest absolute Gasteiger partial charge is 0.438 e. The maximum absolute atomic E-state index is 13.4. The Bertz CT molecular complexity index is 1370. The zero-order valence-electron chi connectivity index (χ0n) is 18.4. The van der Waals surface area contributed by atoms with Crippen molar-refractivity contribution >= 4 is 45.9 Å². The summed E-state index contributed by atoms with van der Waals surface area (Å²) in [7, 11) is 0. The topological polar surface area (TPSA) is 63.9 Å². The molecule has 1 aliphatic carbocycles. The number of carbonyl (C=O) groups excluding carboxylic acids is 1. The van der Waals surface area contributed by atoms with E-state index in [1.807, 2.05) is 38.1 Å². The molecule has 168 valence electrons. The molecule has 1 amide bonds. The van der Waals surface area contributed by atoms with Crippen molar-refractivity contribution in [3.05, 3.63) is 74.5 Å². The summed E-state index contributed by atoms with van der Waals surface area (Å²) >= 11 is 6.76. The molecule has 6 nitrogen and oxygen atoms in total. The Labute approximate surface area is 201 Å². The number of benzene rings is 1. The van der Waals surface area contributed by atoms with Gasteiger partial charge in [-0.3, -0.25) is 18.9 Å². The van der Waals surface area contributed by atoms with Gasteiger partial charge in [-0.25, -0.2) is 0 Å². The first-order chi connectivity index (χ1) is 15.9. The monoisotopic (exact) mass is 477 g/mol. The zero-order valence-corrected chi connectivity index (χ0v) is 20.0. The van der Waals surface area contributed by atoms with Crippen LogP contribution in [0.3, 0.4) is 0 Å². The third-order valence-corrected chi connectivity index (χ3v) is 7.39. The summed E-state index contributed by atoms with van der Waals surface area (Å²) in [6.45, 7) is 3.96. The molecule has 2 fully saturated rings. The van der Waals surface area contributed by atoms with Crippen molar-refractivity contribution in [2.75, 3.05) is 0 Å². The second kappa shape index (κ2) is 8.76. The average Bonchev–Trinajstić information content (AvgIpc) is 3.40. The van der Waals surface area contributed by atoms with Crippen LogP contribution in [0.2, 0.25) is 0 Å². The van der Waals surface area contributed by atoms with Crippen LogP contribution in [-0.4, -0.2) is 30.6 Å². The van der Waals surface area contributed by atoms with E-state index in [9.17, 15) is 9.59 Å². The number of aryl methyl sites for hydroxylation is 2. The third-order valence-electron chi connectivity index (χ3n) is 6.06. The van der Waals surface area contributed by atoms with Crippen LogP contribution in [0.4, 0.5) is 0 Å². The maximum atomic E-state index is 13.4. The predicted molar refractivity (Wildman–Crippen MR) is 135 cm³/mol. The molecule has 0 bridgehead atoms. The molecule has 3 heterocycles. The van der Waals surface area contributed by atoms with Gasteiger partial charge in [0.05, 0.1) is 4.91 Å². The summed E-state index contributed by atoms with van der Waals surface area (Å²) < 4.78 is 8.15. The molecule has 1 aromatic carbocycles. The Balaban J connectivity index is 1.61. The summed E-state index contributed by atoms with van der Waals surface area (Å²) in [5.74, 6) is 0.636. The molecule has 0 unspecified atom stereocenters. The van der Waals surface area contributed by atoms with Gasteiger partial charge in [-0.15, -0.1) is 0 Å². The summed E-state index contributed by atoms with van der Waals surface area (Å²) in [4.78, 5) is 33.4. The minimum atomic E-state index is -0.300. The van der Waals surface area contributed by atoms with Gasteiger partial charge in [0.25, 0.3) is 11.5 Å². The van der Waals surface area contributed by atoms with E-state index in [1.165, 1.54) is 16.2 Å². The van der Waals surface area contributed by atoms with Crippen molar-refractivity contribution in [3.63, 3.8) is 0 Å². The molecule has 1 saturated carbocycles. The molecule has 1 aliphatic heterocycles. The van der Waals surface area contributed by atoms with Crippen LogP contribution in [0.1, 0.15) is 42.4 Å². The maximum Gasteiger partial charge on any atom is 0.269 e. The Morgan fingerprint density at radius 3 is 2.70 bits per heavy atom. The highest BCUT2D eigenvalue weighted by atomic mass is 32.2. The molecule has 3 aromatic rings. The van der Waals surface area contributed by atoms with E-state index in [4.69, 9.17) is 17.0 Å². The molecule has 1 saturated heterocycles. The van der Waals surface area contributed by atoms with Gasteiger partial charge in [0.1, 0.15) is 21.3 Å². The molecule has 8 heteroatoms. The summed E-state index contributed by atoms with van der Waals surface area (Å²) in [5, 5.41) is 0. The summed E-state index contributed by atoms with van der Waals surface area (Å²) in [6.07, 6.45) is 7.37. The number of thioether (sulfide) groups is 1. The number of ether oxygens (including phenoxy) is 1. The molecular weight excluding hydrogens is 454 g/mol. The standard InChI is InChI=1S/C25H23N3O3S2/c1-15-10-11-19(16(2)13-15)31-22-18(23(29)27-12-6-5-9-21(27)26-22)14-20-24(30)28(25(32)33-20)17-7-3-4-8-17/h5-6,9-14,17H,3-4,7-8H2,1-2H3/b20-14-. The van der Waals surface area contributed by atoms with Crippen LogP contribution in [0, 0.1) is 13.8 Å². The number of thiocarbonyl (C=S) groups is 1. The van der Waals surface area contributed by atoms with Crippen molar-refractivity contribution in [2.45, 2.75) is 45.6 Å². The fraction of sp³-hybridized carbons (Fsp3) is 0.280. The molecule has 5 rings (SSSR count). The van der Waals surface area contributed by atoms with Crippen LogP contribution >= 0.6 is 24.0 Å². The lowest BCUT2D eigenvalue weighted by Crippen LogP contribution is -2.36. The number of fused-ring (bicyclic) bond motifs is 1. The van der Waals surface area contributed by atoms with E-state index in [0.29, 0.717) is 20.6 Å². The molecule has 2 aliphatic rings. The highest BCUT2D eigenvalue weighted by Crippen LogP contribution is 2.38. The number of hydrogen-bond donors (Lipinski definition) is 0. The molecule has 0 spiro atoms. The first-order valence-electron chi connectivity index (χ1n) is 11.0. The normalized spacial score (nSPS) is 18.1. The van der Waals surface area contributed by atoms with Gasteiger partial charge < -0.3 is 4.74 Å². The first kappa shape index (κ1) is 21.9. The van der Waals surface area contributed by atoms with Gasteiger partial charge in [-0.1, -0.05) is 60.6 Å². The van der Waals surface area contributed by atoms with Crippen LogP contribution in [0.15, 0.2) is 52.3 Å². The Hall–Kier alpha value is -2.97. The van der Waals surface area contributed by atoms with Gasteiger partial charge in [0.2, 0.25) is 5.88 Å². The van der Waals surface area contributed by atoms with E-state index in [-0.39, 0.29) is 29.0 Å². The van der Waals surface area contributed by atoms with Crippen LogP contribution in [-0.2, 0) is 4.79 Å². The highest BCUT2D eigenvalue weighted by molar-refractivity contribution is 8.26.